The molecule has 0 atom stereocenters. The number of nitrogens with two attached hydrogens (primary N) is 1. The highest BCUT2D eigenvalue weighted by atomic mass is 16.5. The number of aromatic nitrogens is 1. The molecule has 0 unspecified atom stereocenters. The van der Waals surface area contributed by atoms with Crippen LogP contribution in [0.5, 0.6) is 17.2 Å². The minimum atomic E-state index is -0.203. The number of rotatable bonds is 4. The van der Waals surface area contributed by atoms with Gasteiger partial charge < -0.3 is 19.8 Å². The fourth-order valence-corrected chi connectivity index (χ4v) is 2.90. The Kier molecular flexibility index (Phi) is 4.83. The molecule has 0 saturated carbocycles. The van der Waals surface area contributed by atoms with Crippen LogP contribution in [-0.4, -0.2) is 11.7 Å². The second-order valence-corrected chi connectivity index (χ2v) is 7.26. The summed E-state index contributed by atoms with van der Waals surface area (Å²) in [4.78, 5) is 0. The van der Waals surface area contributed by atoms with Crippen molar-refractivity contribution in [2.24, 2.45) is 0 Å². The van der Waals surface area contributed by atoms with E-state index in [0.29, 0.717) is 17.1 Å². The topological polar surface area (TPSA) is 73.2 Å². The summed E-state index contributed by atoms with van der Waals surface area (Å²) >= 11 is 0. The van der Waals surface area contributed by atoms with Gasteiger partial charge in [-0.1, -0.05) is 12.1 Å². The van der Waals surface area contributed by atoms with Crippen molar-refractivity contribution in [3.05, 3.63) is 60.3 Å². The van der Waals surface area contributed by atoms with Gasteiger partial charge in [0.25, 0.3) is 0 Å². The van der Waals surface area contributed by atoms with E-state index in [4.69, 9.17) is 15.2 Å². The van der Waals surface area contributed by atoms with Gasteiger partial charge in [-0.15, -0.1) is 0 Å². The number of hydrogen-bond acceptors (Lipinski definition) is 4. The third-order valence-corrected chi connectivity index (χ3v) is 4.34. The summed E-state index contributed by atoms with van der Waals surface area (Å²) in [5.41, 5.74) is 8.23. The first-order valence-electron chi connectivity index (χ1n) is 8.67. The number of nitrogen functional groups attached to an aromatic ring is 1. The fourth-order valence-electron chi connectivity index (χ4n) is 2.90. The predicted molar refractivity (Wildman–Crippen MR) is 107 cm³/mol. The van der Waals surface area contributed by atoms with E-state index in [9.17, 15) is 5.26 Å². The van der Waals surface area contributed by atoms with Crippen LogP contribution in [0.15, 0.2) is 54.7 Å². The van der Waals surface area contributed by atoms with Gasteiger partial charge in [0.2, 0.25) is 0 Å². The fraction of sp³-hybridized carbons (Fsp3) is 0.227. The molecular weight excluding hydrogens is 338 g/mol. The number of benzene rings is 2. The first-order valence-corrected chi connectivity index (χ1v) is 8.67. The average molecular weight is 361 g/mol. The van der Waals surface area contributed by atoms with Gasteiger partial charge in [-0.25, -0.2) is 0 Å². The molecule has 0 aliphatic heterocycles. The number of anilines is 1. The quantitative estimate of drug-likeness (QED) is 0.696. The first-order chi connectivity index (χ1) is 12.8. The van der Waals surface area contributed by atoms with Crippen LogP contribution in [0, 0.1) is 11.3 Å². The van der Waals surface area contributed by atoms with Gasteiger partial charge in [0.1, 0.15) is 34.7 Å². The average Bonchev–Trinajstić information content (AvgIpc) is 2.99. The third-order valence-electron chi connectivity index (χ3n) is 4.34. The van der Waals surface area contributed by atoms with Crippen LogP contribution in [0.25, 0.3) is 11.1 Å². The standard InChI is InChI=1S/C22H23N3O2/c1-22(2,3)25-14-20(19(13-23)21(25)24)15-5-7-17(8-6-15)27-18-11-9-16(26-4)10-12-18/h5-12,14H,24H2,1-4H3. The molecule has 0 spiro atoms. The Morgan fingerprint density at radius 3 is 1.93 bits per heavy atom. The van der Waals surface area contributed by atoms with Gasteiger partial charge in [0.15, 0.2) is 0 Å². The van der Waals surface area contributed by atoms with E-state index in [1.165, 1.54) is 0 Å². The number of ether oxygens (including phenoxy) is 2. The Bertz CT molecular complexity index is 973. The molecule has 1 heterocycles. The largest absolute Gasteiger partial charge is 0.497 e. The lowest BCUT2D eigenvalue weighted by atomic mass is 10.0. The maximum Gasteiger partial charge on any atom is 0.127 e. The summed E-state index contributed by atoms with van der Waals surface area (Å²) in [5, 5.41) is 9.55. The summed E-state index contributed by atoms with van der Waals surface area (Å²) < 4.78 is 12.9. The molecule has 0 fully saturated rings. The normalized spacial score (nSPS) is 11.1. The van der Waals surface area contributed by atoms with Crippen LogP contribution in [0.3, 0.4) is 0 Å². The van der Waals surface area contributed by atoms with E-state index < -0.39 is 0 Å². The molecule has 0 saturated heterocycles. The van der Waals surface area contributed by atoms with Gasteiger partial charge in [0, 0.05) is 17.3 Å². The summed E-state index contributed by atoms with van der Waals surface area (Å²) in [6, 6.07) is 17.3. The second kappa shape index (κ2) is 7.08. The Hall–Kier alpha value is -3.39. The summed E-state index contributed by atoms with van der Waals surface area (Å²) in [5.74, 6) is 2.70. The van der Waals surface area contributed by atoms with Gasteiger partial charge in [-0.05, 0) is 62.7 Å². The molecule has 0 bridgehead atoms. The molecule has 0 aliphatic carbocycles. The molecule has 2 aromatic carbocycles. The maximum absolute atomic E-state index is 9.55. The van der Waals surface area contributed by atoms with Crippen molar-refractivity contribution in [1.29, 1.82) is 5.26 Å². The van der Waals surface area contributed by atoms with E-state index in [-0.39, 0.29) is 5.54 Å². The molecular formula is C22H23N3O2. The molecule has 5 heteroatoms. The molecule has 3 rings (SSSR count). The Labute approximate surface area is 159 Å². The minimum Gasteiger partial charge on any atom is -0.497 e. The Balaban J connectivity index is 1.88. The van der Waals surface area contributed by atoms with Crippen molar-refractivity contribution >= 4 is 5.82 Å². The van der Waals surface area contributed by atoms with Crippen LogP contribution >= 0.6 is 0 Å². The van der Waals surface area contributed by atoms with Crippen LogP contribution in [0.4, 0.5) is 5.82 Å². The van der Waals surface area contributed by atoms with Gasteiger partial charge in [0.05, 0.1) is 7.11 Å². The SMILES string of the molecule is COc1ccc(Oc2ccc(-c3cn(C(C)(C)C)c(N)c3C#N)cc2)cc1. The summed E-state index contributed by atoms with van der Waals surface area (Å²) in [6.45, 7) is 6.17. The van der Waals surface area contributed by atoms with Crippen molar-refractivity contribution in [3.63, 3.8) is 0 Å². The van der Waals surface area contributed by atoms with E-state index >= 15 is 0 Å². The monoisotopic (exact) mass is 361 g/mol. The third kappa shape index (κ3) is 3.75. The maximum atomic E-state index is 9.55. The smallest absolute Gasteiger partial charge is 0.127 e. The number of nitriles is 1. The Morgan fingerprint density at radius 1 is 0.926 bits per heavy atom. The van der Waals surface area contributed by atoms with Gasteiger partial charge in [-0.3, -0.25) is 0 Å². The molecule has 0 radical (unpaired) electrons. The second-order valence-electron chi connectivity index (χ2n) is 7.26. The zero-order valence-electron chi connectivity index (χ0n) is 16.0. The molecule has 2 N–H and O–H groups in total. The minimum absolute atomic E-state index is 0.203. The summed E-state index contributed by atoms with van der Waals surface area (Å²) in [7, 11) is 1.63. The van der Waals surface area contributed by atoms with Crippen molar-refractivity contribution in [1.82, 2.24) is 4.57 Å². The van der Waals surface area contributed by atoms with Crippen LogP contribution < -0.4 is 15.2 Å². The Morgan fingerprint density at radius 2 is 1.44 bits per heavy atom. The van der Waals surface area contributed by atoms with Crippen LogP contribution in [0.2, 0.25) is 0 Å². The van der Waals surface area contributed by atoms with E-state index in [1.54, 1.807) is 7.11 Å². The van der Waals surface area contributed by atoms with E-state index in [0.717, 1.165) is 22.6 Å². The van der Waals surface area contributed by atoms with Crippen LogP contribution in [0.1, 0.15) is 26.3 Å². The zero-order valence-corrected chi connectivity index (χ0v) is 16.0. The highest BCUT2D eigenvalue weighted by Gasteiger charge is 2.22. The molecule has 1 aromatic heterocycles. The molecule has 3 aromatic rings. The van der Waals surface area contributed by atoms with Crippen molar-refractivity contribution in [3.8, 4) is 34.4 Å². The lowest BCUT2D eigenvalue weighted by Crippen LogP contribution is -2.22. The van der Waals surface area contributed by atoms with Crippen molar-refractivity contribution < 1.29 is 9.47 Å². The lowest BCUT2D eigenvalue weighted by Gasteiger charge is -2.22. The molecule has 138 valence electrons. The first kappa shape index (κ1) is 18.4. The number of hydrogen-bond donors (Lipinski definition) is 1. The molecule has 0 aliphatic rings. The number of methoxy groups -OCH3 is 1. The molecule has 27 heavy (non-hydrogen) atoms. The number of nitrogens with zero attached hydrogens (tertiary/aromatic N) is 2. The van der Waals surface area contributed by atoms with Crippen molar-refractivity contribution in [2.45, 2.75) is 26.3 Å². The van der Waals surface area contributed by atoms with E-state index in [1.807, 2.05) is 59.3 Å². The van der Waals surface area contributed by atoms with Crippen molar-refractivity contribution in [2.75, 3.05) is 12.8 Å². The molecule has 0 amide bonds. The van der Waals surface area contributed by atoms with Gasteiger partial charge >= 0.3 is 0 Å². The lowest BCUT2D eigenvalue weighted by molar-refractivity contribution is 0.404. The van der Waals surface area contributed by atoms with Crippen LogP contribution in [-0.2, 0) is 5.54 Å². The highest BCUT2D eigenvalue weighted by molar-refractivity contribution is 5.77. The highest BCUT2D eigenvalue weighted by Crippen LogP contribution is 2.34. The molecule has 5 nitrogen and oxygen atoms in total. The predicted octanol–water partition coefficient (Wildman–Crippen LogP) is 5.16. The zero-order chi connectivity index (χ0) is 19.6. The van der Waals surface area contributed by atoms with Gasteiger partial charge in [-0.2, -0.15) is 5.26 Å². The van der Waals surface area contributed by atoms with E-state index in [2.05, 4.69) is 26.8 Å². The summed E-state index contributed by atoms with van der Waals surface area (Å²) in [6.07, 6.45) is 1.94.